The molecule has 4 atom stereocenters. The molecule has 0 amide bonds. The van der Waals surface area contributed by atoms with Gasteiger partial charge in [-0.2, -0.15) is 5.09 Å². The van der Waals surface area contributed by atoms with E-state index in [0.717, 1.165) is 0 Å². The highest BCUT2D eigenvalue weighted by molar-refractivity contribution is 7.86. The van der Waals surface area contributed by atoms with Crippen LogP contribution < -0.4 is 37.4 Å². The Morgan fingerprint density at radius 1 is 0.643 bits per heavy atom. The van der Waals surface area contributed by atoms with E-state index in [-0.39, 0.29) is 24.3 Å². The van der Waals surface area contributed by atoms with Crippen molar-refractivity contribution in [3.8, 4) is 0 Å². The first-order valence-corrected chi connectivity index (χ1v) is 11.4. The fourth-order valence-corrected chi connectivity index (χ4v) is 7.95. The van der Waals surface area contributed by atoms with Crippen LogP contribution in [0.3, 0.4) is 0 Å². The predicted octanol–water partition coefficient (Wildman–Crippen LogP) is 1.75. The van der Waals surface area contributed by atoms with E-state index in [1.807, 2.05) is 0 Å². The Bertz CT molecular complexity index is 882. The Hall–Kier alpha value is -2.11. The van der Waals surface area contributed by atoms with Gasteiger partial charge < -0.3 is 5.73 Å². The Balaban J connectivity index is 1.68. The maximum absolute atomic E-state index is 6.44. The number of hydrazine groups is 1. The van der Waals surface area contributed by atoms with E-state index >= 15 is 0 Å². The van der Waals surface area contributed by atoms with Crippen LogP contribution in [0.4, 0.5) is 0 Å². The number of benzene rings is 3. The number of nitrogens with one attached hydrogen (secondary N) is 4. The molecule has 6 N–H and O–H groups in total. The first kappa shape index (κ1) is 18.0. The van der Waals surface area contributed by atoms with Gasteiger partial charge in [0.1, 0.15) is 16.8 Å². The smallest absolute Gasteiger partial charge is 0.215 e. The second kappa shape index (κ2) is 7.37. The molecule has 2 heterocycles. The standard InChI is InChI=1S/C22H25N5P/c23-21-19-20(16-10-4-1-5-11-16)26-28(27-22(19)25-24-21,17-12-6-2-7-13-17)18-14-8-3-9-15-18/h1-15,19-22,24-27H,23H2/q+1. The van der Waals surface area contributed by atoms with Crippen LogP contribution in [0, 0.1) is 5.92 Å². The molecule has 2 fully saturated rings. The molecule has 5 nitrogen and oxygen atoms in total. The summed E-state index contributed by atoms with van der Waals surface area (Å²) >= 11 is 0. The summed E-state index contributed by atoms with van der Waals surface area (Å²) in [6.45, 7) is 0. The van der Waals surface area contributed by atoms with Crippen LogP contribution in [-0.4, -0.2) is 12.3 Å². The Labute approximate surface area is 166 Å². The van der Waals surface area contributed by atoms with Crippen molar-refractivity contribution in [1.82, 2.24) is 21.0 Å². The zero-order chi connectivity index (χ0) is 19.0. The summed E-state index contributed by atoms with van der Waals surface area (Å²) in [6, 6.07) is 32.2. The molecule has 4 unspecified atom stereocenters. The number of hydrogen-bond acceptors (Lipinski definition) is 5. The third-order valence-electron chi connectivity index (χ3n) is 5.70. The lowest BCUT2D eigenvalue weighted by Gasteiger charge is -2.42. The van der Waals surface area contributed by atoms with Crippen molar-refractivity contribution in [2.75, 3.05) is 0 Å². The fourth-order valence-electron chi connectivity index (χ4n) is 4.35. The molecule has 28 heavy (non-hydrogen) atoms. The highest BCUT2D eigenvalue weighted by atomic mass is 31.2. The molecule has 142 valence electrons. The van der Waals surface area contributed by atoms with Gasteiger partial charge in [0, 0.05) is 5.92 Å². The van der Waals surface area contributed by atoms with Gasteiger partial charge in [0.25, 0.3) is 0 Å². The third-order valence-corrected chi connectivity index (χ3v) is 9.18. The van der Waals surface area contributed by atoms with E-state index in [9.17, 15) is 0 Å². The minimum Gasteiger partial charge on any atom is -0.315 e. The molecule has 2 aliphatic heterocycles. The van der Waals surface area contributed by atoms with Crippen molar-refractivity contribution in [2.24, 2.45) is 11.7 Å². The number of hydrogen-bond donors (Lipinski definition) is 5. The maximum Gasteiger partial charge on any atom is 0.215 e. The summed E-state index contributed by atoms with van der Waals surface area (Å²) in [4.78, 5) is 0. The molecule has 2 aliphatic rings. The average Bonchev–Trinajstić information content (AvgIpc) is 3.15. The van der Waals surface area contributed by atoms with E-state index in [0.29, 0.717) is 0 Å². The van der Waals surface area contributed by atoms with Gasteiger partial charge >= 0.3 is 0 Å². The summed E-state index contributed by atoms with van der Waals surface area (Å²) in [5.41, 5.74) is 14.4. The van der Waals surface area contributed by atoms with Gasteiger partial charge in [0.05, 0.1) is 12.2 Å². The van der Waals surface area contributed by atoms with Crippen LogP contribution in [-0.2, 0) is 0 Å². The molecule has 6 heteroatoms. The molecule has 5 rings (SSSR count). The molecule has 0 bridgehead atoms. The molecular formula is C22H25N5P+. The van der Waals surface area contributed by atoms with E-state index in [4.69, 9.17) is 5.73 Å². The Morgan fingerprint density at radius 2 is 1.18 bits per heavy atom. The number of rotatable bonds is 3. The third kappa shape index (κ3) is 2.97. The van der Waals surface area contributed by atoms with Crippen molar-refractivity contribution >= 4 is 18.2 Å². The summed E-state index contributed by atoms with van der Waals surface area (Å²) < 4.78 is 0. The van der Waals surface area contributed by atoms with Crippen LogP contribution in [0.15, 0.2) is 91.0 Å². The predicted molar refractivity (Wildman–Crippen MR) is 116 cm³/mol. The largest absolute Gasteiger partial charge is 0.315 e. The molecule has 3 aromatic rings. The van der Waals surface area contributed by atoms with E-state index in [2.05, 4.69) is 112 Å². The summed E-state index contributed by atoms with van der Waals surface area (Å²) in [7, 11) is -2.07. The van der Waals surface area contributed by atoms with E-state index < -0.39 is 7.56 Å². The second-order valence-electron chi connectivity index (χ2n) is 7.36. The van der Waals surface area contributed by atoms with Gasteiger partial charge in [0.2, 0.25) is 7.56 Å². The minimum absolute atomic E-state index is 0.0650. The van der Waals surface area contributed by atoms with Gasteiger partial charge in [-0.15, -0.1) is 5.09 Å². The lowest BCUT2D eigenvalue weighted by Crippen LogP contribution is -2.60. The Morgan fingerprint density at radius 3 is 1.75 bits per heavy atom. The van der Waals surface area contributed by atoms with Crippen molar-refractivity contribution in [3.63, 3.8) is 0 Å². The highest BCUT2D eigenvalue weighted by Crippen LogP contribution is 2.56. The SMILES string of the molecule is NC1NNC2N[P+](c3ccccc3)(c3ccccc3)NC(c3ccccc3)C12. The Kier molecular flexibility index (Phi) is 4.73. The summed E-state index contributed by atoms with van der Waals surface area (Å²) in [5.74, 6) is 0.183. The molecule has 0 radical (unpaired) electrons. The van der Waals surface area contributed by atoms with Crippen LogP contribution >= 0.6 is 7.56 Å². The summed E-state index contributed by atoms with van der Waals surface area (Å²) in [6.07, 6.45) is -0.0702. The molecule has 3 aromatic carbocycles. The van der Waals surface area contributed by atoms with Crippen LogP contribution in [0.2, 0.25) is 0 Å². The van der Waals surface area contributed by atoms with Crippen molar-refractivity contribution in [1.29, 1.82) is 0 Å². The lowest BCUT2D eigenvalue weighted by molar-refractivity contribution is 0.304. The van der Waals surface area contributed by atoms with Gasteiger partial charge in [0.15, 0.2) is 0 Å². The van der Waals surface area contributed by atoms with Gasteiger partial charge in [-0.25, -0.2) is 10.9 Å². The fraction of sp³-hybridized carbons (Fsp3) is 0.182. The molecule has 0 spiro atoms. The topological polar surface area (TPSA) is 74.1 Å². The van der Waals surface area contributed by atoms with Crippen LogP contribution in [0.5, 0.6) is 0 Å². The second-order valence-corrected chi connectivity index (χ2v) is 10.2. The minimum atomic E-state index is -2.07. The number of fused-ring (bicyclic) bond motifs is 1. The number of nitrogens with two attached hydrogens (primary N) is 1. The summed E-state index contributed by atoms with van der Waals surface area (Å²) in [5, 5.41) is 10.6. The van der Waals surface area contributed by atoms with Crippen molar-refractivity contribution in [2.45, 2.75) is 18.4 Å². The van der Waals surface area contributed by atoms with Crippen LogP contribution in [0.25, 0.3) is 0 Å². The van der Waals surface area contributed by atoms with Gasteiger partial charge in [-0.1, -0.05) is 66.7 Å². The normalized spacial score (nSPS) is 28.6. The average molecular weight is 390 g/mol. The monoisotopic (exact) mass is 390 g/mol. The molecule has 0 saturated carbocycles. The first-order valence-electron chi connectivity index (χ1n) is 9.65. The molecule has 0 aromatic heterocycles. The molecule has 0 aliphatic carbocycles. The molecular weight excluding hydrogens is 365 g/mol. The highest BCUT2D eigenvalue weighted by Gasteiger charge is 2.57. The quantitative estimate of drug-likeness (QED) is 0.441. The first-order chi connectivity index (χ1) is 13.8. The van der Waals surface area contributed by atoms with Crippen molar-refractivity contribution in [3.05, 3.63) is 96.6 Å². The van der Waals surface area contributed by atoms with Crippen molar-refractivity contribution < 1.29 is 0 Å². The zero-order valence-electron chi connectivity index (χ0n) is 15.5. The van der Waals surface area contributed by atoms with Gasteiger partial charge in [-0.05, 0) is 29.8 Å². The molecule has 2 saturated heterocycles. The van der Waals surface area contributed by atoms with E-state index in [1.165, 1.54) is 16.2 Å². The maximum atomic E-state index is 6.44. The van der Waals surface area contributed by atoms with Gasteiger partial charge in [-0.3, -0.25) is 0 Å². The zero-order valence-corrected chi connectivity index (χ0v) is 16.4. The lowest BCUT2D eigenvalue weighted by atomic mass is 9.90. The van der Waals surface area contributed by atoms with E-state index in [1.54, 1.807) is 0 Å². The van der Waals surface area contributed by atoms with Crippen LogP contribution in [0.1, 0.15) is 11.6 Å².